The number of piperazine rings is 1. The monoisotopic (exact) mass is 537 g/mol. The van der Waals surface area contributed by atoms with E-state index >= 15 is 0 Å². The van der Waals surface area contributed by atoms with Crippen LogP contribution in [0.25, 0.3) is 0 Å². The SMILES string of the molecule is CN=C(NCCC1CC2CCC1C2)N1CCN(S(=O)(=O)Cc2ccon2)CC1.I. The van der Waals surface area contributed by atoms with Gasteiger partial charge in [-0.1, -0.05) is 11.6 Å². The molecule has 3 atom stereocenters. The van der Waals surface area contributed by atoms with Crippen molar-refractivity contribution in [2.24, 2.45) is 22.7 Å². The van der Waals surface area contributed by atoms with Crippen LogP contribution < -0.4 is 5.32 Å². The second kappa shape index (κ2) is 9.95. The highest BCUT2D eigenvalue weighted by atomic mass is 127. The minimum Gasteiger partial charge on any atom is -0.364 e. The van der Waals surface area contributed by atoms with E-state index in [1.807, 2.05) is 0 Å². The van der Waals surface area contributed by atoms with E-state index in [2.05, 4.69) is 20.4 Å². The van der Waals surface area contributed by atoms with Crippen molar-refractivity contribution in [1.29, 1.82) is 0 Å². The van der Waals surface area contributed by atoms with Gasteiger partial charge in [0.15, 0.2) is 5.96 Å². The first-order chi connectivity index (χ1) is 13.5. The first-order valence-corrected chi connectivity index (χ1v) is 12.0. The quantitative estimate of drug-likeness (QED) is 0.340. The lowest BCUT2D eigenvalue weighted by Gasteiger charge is -2.36. The molecule has 3 aliphatic rings. The van der Waals surface area contributed by atoms with Crippen molar-refractivity contribution < 1.29 is 12.9 Å². The lowest BCUT2D eigenvalue weighted by molar-refractivity contribution is 0.258. The summed E-state index contributed by atoms with van der Waals surface area (Å²) in [5, 5.41) is 7.21. The van der Waals surface area contributed by atoms with Crippen LogP contribution in [-0.4, -0.2) is 68.5 Å². The highest BCUT2D eigenvalue weighted by Crippen LogP contribution is 2.49. The van der Waals surface area contributed by atoms with Crippen LogP contribution in [0, 0.1) is 17.8 Å². The van der Waals surface area contributed by atoms with Crippen molar-refractivity contribution in [1.82, 2.24) is 19.7 Å². The second-order valence-electron chi connectivity index (χ2n) is 8.33. The fourth-order valence-electron chi connectivity index (χ4n) is 5.20. The molecular formula is C19H32IN5O3S. The average molecular weight is 537 g/mol. The number of aromatic nitrogens is 1. The average Bonchev–Trinajstić information content (AvgIpc) is 3.44. The lowest BCUT2D eigenvalue weighted by atomic mass is 9.86. The summed E-state index contributed by atoms with van der Waals surface area (Å²) in [7, 11) is -1.57. The molecule has 2 aliphatic carbocycles. The van der Waals surface area contributed by atoms with Gasteiger partial charge in [-0.05, 0) is 43.4 Å². The van der Waals surface area contributed by atoms with Gasteiger partial charge in [-0.2, -0.15) is 4.31 Å². The summed E-state index contributed by atoms with van der Waals surface area (Å²) in [5.74, 6) is 3.59. The molecular weight excluding hydrogens is 505 g/mol. The first kappa shape index (κ1) is 22.8. The number of nitrogens with one attached hydrogen (secondary N) is 1. The zero-order chi connectivity index (χ0) is 19.6. The Balaban J connectivity index is 0.00000240. The van der Waals surface area contributed by atoms with Crippen molar-refractivity contribution in [2.75, 3.05) is 39.8 Å². The van der Waals surface area contributed by atoms with Crippen LogP contribution in [0.1, 0.15) is 37.8 Å². The van der Waals surface area contributed by atoms with Crippen molar-refractivity contribution in [3.63, 3.8) is 0 Å². The Morgan fingerprint density at radius 3 is 2.66 bits per heavy atom. The third-order valence-corrected chi connectivity index (χ3v) is 8.46. The van der Waals surface area contributed by atoms with E-state index < -0.39 is 10.0 Å². The molecule has 0 aromatic carbocycles. The number of halogens is 1. The Hall–Kier alpha value is -0.880. The fraction of sp³-hybridized carbons (Fsp3) is 0.789. The maximum Gasteiger partial charge on any atom is 0.220 e. The largest absolute Gasteiger partial charge is 0.364 e. The number of hydrogen-bond donors (Lipinski definition) is 1. The van der Waals surface area contributed by atoms with Crippen molar-refractivity contribution in [3.8, 4) is 0 Å². The van der Waals surface area contributed by atoms with Crippen molar-refractivity contribution in [2.45, 2.75) is 37.9 Å². The minimum atomic E-state index is -3.37. The van der Waals surface area contributed by atoms with Gasteiger partial charge >= 0.3 is 0 Å². The molecule has 3 fully saturated rings. The van der Waals surface area contributed by atoms with Gasteiger partial charge in [0.05, 0.1) is 5.69 Å². The molecule has 1 saturated heterocycles. The lowest BCUT2D eigenvalue weighted by Crippen LogP contribution is -2.54. The maximum atomic E-state index is 12.6. The van der Waals surface area contributed by atoms with Crippen LogP contribution >= 0.6 is 24.0 Å². The number of guanidine groups is 1. The maximum absolute atomic E-state index is 12.6. The normalized spacial score (nSPS) is 27.8. The first-order valence-electron chi connectivity index (χ1n) is 10.4. The number of hydrogen-bond acceptors (Lipinski definition) is 5. The van der Waals surface area contributed by atoms with Crippen molar-refractivity contribution in [3.05, 3.63) is 18.0 Å². The van der Waals surface area contributed by atoms with E-state index in [-0.39, 0.29) is 29.7 Å². The predicted octanol–water partition coefficient (Wildman–Crippen LogP) is 2.14. The molecule has 29 heavy (non-hydrogen) atoms. The summed E-state index contributed by atoms with van der Waals surface area (Å²) in [6, 6.07) is 1.59. The molecule has 1 N–H and O–H groups in total. The molecule has 3 unspecified atom stereocenters. The third-order valence-electron chi connectivity index (χ3n) is 6.65. The number of nitrogens with zero attached hydrogens (tertiary/aromatic N) is 4. The Kier molecular flexibility index (Phi) is 7.82. The van der Waals surface area contributed by atoms with Gasteiger partial charge in [0.1, 0.15) is 12.0 Å². The van der Waals surface area contributed by atoms with Crippen molar-refractivity contribution >= 4 is 40.0 Å². The van der Waals surface area contributed by atoms with Gasteiger partial charge in [-0.15, -0.1) is 24.0 Å². The minimum absolute atomic E-state index is 0. The summed E-state index contributed by atoms with van der Waals surface area (Å²) in [6.45, 7) is 3.17. The van der Waals surface area contributed by atoms with E-state index in [0.717, 1.165) is 30.3 Å². The molecule has 2 saturated carbocycles. The molecule has 164 valence electrons. The Bertz CT molecular complexity index is 778. The number of sulfonamides is 1. The molecule has 1 aromatic rings. The molecule has 4 rings (SSSR count). The molecule has 10 heteroatoms. The van der Waals surface area contributed by atoms with Gasteiger partial charge in [-0.3, -0.25) is 4.99 Å². The summed E-state index contributed by atoms with van der Waals surface area (Å²) < 4.78 is 31.4. The summed E-state index contributed by atoms with van der Waals surface area (Å²) in [5.41, 5.74) is 0.445. The van der Waals surface area contributed by atoms with Gasteiger partial charge in [0, 0.05) is 45.8 Å². The summed E-state index contributed by atoms with van der Waals surface area (Å²) >= 11 is 0. The Morgan fingerprint density at radius 2 is 2.07 bits per heavy atom. The zero-order valence-corrected chi connectivity index (χ0v) is 20.1. The Morgan fingerprint density at radius 1 is 1.28 bits per heavy atom. The number of aliphatic imine (C=N–C) groups is 1. The summed E-state index contributed by atoms with van der Waals surface area (Å²) in [6.07, 6.45) is 8.34. The van der Waals surface area contributed by atoms with Crippen LogP contribution in [0.4, 0.5) is 0 Å². The van der Waals surface area contributed by atoms with E-state index in [1.165, 1.54) is 38.4 Å². The molecule has 0 amide bonds. The molecule has 0 radical (unpaired) electrons. The van der Waals surface area contributed by atoms with Crippen LogP contribution in [0.5, 0.6) is 0 Å². The van der Waals surface area contributed by atoms with Crippen LogP contribution in [0.3, 0.4) is 0 Å². The van der Waals surface area contributed by atoms with Crippen LogP contribution in [0.15, 0.2) is 21.8 Å². The second-order valence-corrected chi connectivity index (χ2v) is 10.3. The van der Waals surface area contributed by atoms with Gasteiger partial charge in [-0.25, -0.2) is 8.42 Å². The smallest absolute Gasteiger partial charge is 0.220 e. The highest BCUT2D eigenvalue weighted by molar-refractivity contribution is 14.0. The molecule has 2 heterocycles. The van der Waals surface area contributed by atoms with E-state index in [1.54, 1.807) is 17.4 Å². The number of rotatable bonds is 6. The molecule has 8 nitrogen and oxygen atoms in total. The third kappa shape index (κ3) is 5.43. The van der Waals surface area contributed by atoms with Gasteiger partial charge in [0.2, 0.25) is 10.0 Å². The number of fused-ring (bicyclic) bond motifs is 2. The highest BCUT2D eigenvalue weighted by Gasteiger charge is 2.39. The van der Waals surface area contributed by atoms with E-state index in [0.29, 0.717) is 31.9 Å². The standard InChI is InChI=1S/C19H31N5O3S.HI/c1-20-19(21-6-4-17-13-15-2-3-16(17)12-15)23-7-9-24(10-8-23)28(25,26)14-18-5-11-27-22-18;/h5,11,15-17H,2-4,6-10,12-14H2,1H3,(H,20,21);1H. The van der Waals surface area contributed by atoms with E-state index in [9.17, 15) is 8.42 Å². The summed E-state index contributed by atoms with van der Waals surface area (Å²) in [4.78, 5) is 6.57. The predicted molar refractivity (Wildman–Crippen MR) is 123 cm³/mol. The fourth-order valence-corrected chi connectivity index (χ4v) is 6.62. The van der Waals surface area contributed by atoms with Crippen LogP contribution in [-0.2, 0) is 15.8 Å². The molecule has 1 aliphatic heterocycles. The topological polar surface area (TPSA) is 91.0 Å². The van der Waals surface area contributed by atoms with Gasteiger partial charge < -0.3 is 14.7 Å². The van der Waals surface area contributed by atoms with Gasteiger partial charge in [0.25, 0.3) is 0 Å². The van der Waals surface area contributed by atoms with E-state index in [4.69, 9.17) is 4.52 Å². The Labute approximate surface area is 190 Å². The molecule has 2 bridgehead atoms. The zero-order valence-electron chi connectivity index (χ0n) is 17.0. The van der Waals surface area contributed by atoms with Crippen LogP contribution in [0.2, 0.25) is 0 Å². The molecule has 0 spiro atoms. The molecule has 1 aromatic heterocycles.